The van der Waals surface area contributed by atoms with Crippen molar-refractivity contribution in [2.24, 2.45) is 0 Å². The van der Waals surface area contributed by atoms with Crippen LogP contribution in [0.5, 0.6) is 0 Å². The molecule has 0 saturated heterocycles. The number of aryl methyl sites for hydroxylation is 1. The van der Waals surface area contributed by atoms with Gasteiger partial charge >= 0.3 is 5.97 Å². The molecule has 2 aromatic rings. The topological polar surface area (TPSA) is 102 Å². The second kappa shape index (κ2) is 8.51. The van der Waals surface area contributed by atoms with Crippen molar-refractivity contribution in [2.45, 2.75) is 18.7 Å². The monoisotopic (exact) mass is 410 g/mol. The first-order valence-corrected chi connectivity index (χ1v) is 9.78. The Morgan fingerprint density at radius 1 is 1.15 bits per heavy atom. The molecule has 0 radical (unpaired) electrons. The van der Waals surface area contributed by atoms with Crippen LogP contribution >= 0.6 is 11.6 Å². The molecule has 0 aromatic heterocycles. The summed E-state index contributed by atoms with van der Waals surface area (Å²) in [5, 5.41) is 2.68. The van der Waals surface area contributed by atoms with E-state index in [4.69, 9.17) is 16.3 Å². The van der Waals surface area contributed by atoms with Crippen molar-refractivity contribution in [3.05, 3.63) is 58.1 Å². The average molecular weight is 411 g/mol. The summed E-state index contributed by atoms with van der Waals surface area (Å²) in [6.07, 6.45) is 0. The lowest BCUT2D eigenvalue weighted by atomic mass is 10.1. The molecule has 0 aliphatic carbocycles. The lowest BCUT2D eigenvalue weighted by Gasteiger charge is -2.11. The van der Waals surface area contributed by atoms with Crippen LogP contribution < -0.4 is 10.0 Å². The van der Waals surface area contributed by atoms with Gasteiger partial charge in [-0.1, -0.05) is 23.7 Å². The van der Waals surface area contributed by atoms with E-state index in [1.807, 2.05) is 19.9 Å². The highest BCUT2D eigenvalue weighted by Gasteiger charge is 2.19. The number of carbonyl (C=O) groups excluding carboxylic acids is 2. The fourth-order valence-corrected chi connectivity index (χ4v) is 3.18. The SMILES string of the molecule is CNS(=O)(=O)c1ccc(Cl)c(C(=O)OCC(=O)Nc2cccc(C)c2C)c1. The number of ether oxygens (including phenoxy) is 1. The number of benzene rings is 2. The van der Waals surface area contributed by atoms with Crippen LogP contribution in [0.1, 0.15) is 21.5 Å². The third-order valence-corrected chi connectivity index (χ3v) is 5.69. The molecular formula is C18H19ClN2O5S. The van der Waals surface area contributed by atoms with Gasteiger partial charge in [-0.05, 0) is 56.3 Å². The quantitative estimate of drug-likeness (QED) is 0.713. The number of esters is 1. The molecule has 2 N–H and O–H groups in total. The summed E-state index contributed by atoms with van der Waals surface area (Å²) in [4.78, 5) is 24.1. The molecule has 2 rings (SSSR count). The predicted octanol–water partition coefficient (Wildman–Crippen LogP) is 2.66. The Morgan fingerprint density at radius 2 is 1.85 bits per heavy atom. The molecule has 0 spiro atoms. The van der Waals surface area contributed by atoms with Crippen LogP contribution in [0.2, 0.25) is 5.02 Å². The lowest BCUT2D eigenvalue weighted by Crippen LogP contribution is -2.22. The number of halogens is 1. The molecule has 27 heavy (non-hydrogen) atoms. The number of anilines is 1. The predicted molar refractivity (Wildman–Crippen MR) is 103 cm³/mol. The van der Waals surface area contributed by atoms with Gasteiger partial charge < -0.3 is 10.1 Å². The van der Waals surface area contributed by atoms with Crippen molar-refractivity contribution < 1.29 is 22.7 Å². The standard InChI is InChI=1S/C18H19ClN2O5S/c1-11-5-4-6-16(12(11)2)21-17(22)10-26-18(23)14-9-13(7-8-15(14)19)27(24,25)20-3/h4-9,20H,10H2,1-3H3,(H,21,22). The van der Waals surface area contributed by atoms with Gasteiger partial charge in [0.05, 0.1) is 15.5 Å². The van der Waals surface area contributed by atoms with Crippen LogP contribution in [0.25, 0.3) is 0 Å². The van der Waals surface area contributed by atoms with E-state index in [-0.39, 0.29) is 15.5 Å². The first-order chi connectivity index (χ1) is 12.7. The van der Waals surface area contributed by atoms with Gasteiger partial charge in [-0.3, -0.25) is 4.79 Å². The highest BCUT2D eigenvalue weighted by atomic mass is 35.5. The van der Waals surface area contributed by atoms with Gasteiger partial charge in [0, 0.05) is 5.69 Å². The van der Waals surface area contributed by atoms with E-state index in [2.05, 4.69) is 10.0 Å². The first kappa shape index (κ1) is 20.9. The molecule has 0 atom stereocenters. The van der Waals surface area contributed by atoms with Crippen LogP contribution in [-0.4, -0.2) is 33.9 Å². The zero-order valence-electron chi connectivity index (χ0n) is 15.0. The minimum Gasteiger partial charge on any atom is -0.452 e. The third-order valence-electron chi connectivity index (χ3n) is 3.95. The second-order valence-electron chi connectivity index (χ2n) is 5.72. The highest BCUT2D eigenvalue weighted by molar-refractivity contribution is 7.89. The molecule has 0 aliphatic rings. The molecular weight excluding hydrogens is 392 g/mol. The first-order valence-electron chi connectivity index (χ1n) is 7.92. The summed E-state index contributed by atoms with van der Waals surface area (Å²) in [7, 11) is -2.50. The number of carbonyl (C=O) groups is 2. The Bertz CT molecular complexity index is 989. The van der Waals surface area contributed by atoms with Gasteiger partial charge in [0.1, 0.15) is 0 Å². The maximum atomic E-state index is 12.2. The summed E-state index contributed by atoms with van der Waals surface area (Å²) in [5.74, 6) is -1.42. The molecule has 0 saturated carbocycles. The summed E-state index contributed by atoms with van der Waals surface area (Å²) in [6.45, 7) is 3.25. The summed E-state index contributed by atoms with van der Waals surface area (Å²) >= 11 is 5.95. The van der Waals surface area contributed by atoms with Gasteiger partial charge in [0.15, 0.2) is 6.61 Å². The van der Waals surface area contributed by atoms with Gasteiger partial charge in [-0.2, -0.15) is 0 Å². The van der Waals surface area contributed by atoms with Crippen molar-refractivity contribution in [3.8, 4) is 0 Å². The van der Waals surface area contributed by atoms with Gasteiger partial charge in [0.2, 0.25) is 10.0 Å². The minimum absolute atomic E-state index is 0.0185. The van der Waals surface area contributed by atoms with Crippen LogP contribution in [0.4, 0.5) is 5.69 Å². The number of amides is 1. The van der Waals surface area contributed by atoms with E-state index in [1.54, 1.807) is 12.1 Å². The zero-order valence-corrected chi connectivity index (χ0v) is 16.6. The number of nitrogens with one attached hydrogen (secondary N) is 2. The van der Waals surface area contributed by atoms with Gasteiger partial charge in [-0.25, -0.2) is 17.9 Å². The number of rotatable bonds is 6. The van der Waals surface area contributed by atoms with E-state index >= 15 is 0 Å². The maximum Gasteiger partial charge on any atom is 0.340 e. The van der Waals surface area contributed by atoms with Crippen LogP contribution in [-0.2, 0) is 19.6 Å². The Labute approximate surface area is 162 Å². The largest absolute Gasteiger partial charge is 0.452 e. The Morgan fingerprint density at radius 3 is 2.52 bits per heavy atom. The van der Waals surface area contributed by atoms with E-state index < -0.39 is 28.5 Å². The van der Waals surface area contributed by atoms with Crippen LogP contribution in [0.3, 0.4) is 0 Å². The third kappa shape index (κ3) is 5.06. The molecule has 9 heteroatoms. The van der Waals surface area contributed by atoms with Gasteiger partial charge in [-0.15, -0.1) is 0 Å². The molecule has 0 aliphatic heterocycles. The average Bonchev–Trinajstić information content (AvgIpc) is 2.63. The molecule has 144 valence electrons. The molecule has 0 fully saturated rings. The van der Waals surface area contributed by atoms with E-state index in [1.165, 1.54) is 19.2 Å². The van der Waals surface area contributed by atoms with Crippen molar-refractivity contribution in [3.63, 3.8) is 0 Å². The molecule has 0 unspecified atom stereocenters. The summed E-state index contributed by atoms with van der Waals surface area (Å²) in [6, 6.07) is 9.09. The molecule has 0 bridgehead atoms. The zero-order chi connectivity index (χ0) is 20.2. The fourth-order valence-electron chi connectivity index (χ4n) is 2.23. The van der Waals surface area contributed by atoms with E-state index in [9.17, 15) is 18.0 Å². The lowest BCUT2D eigenvalue weighted by molar-refractivity contribution is -0.119. The number of hydrogen-bond donors (Lipinski definition) is 2. The number of sulfonamides is 1. The summed E-state index contributed by atoms with van der Waals surface area (Å²) < 4.78 is 30.8. The van der Waals surface area contributed by atoms with E-state index in [0.717, 1.165) is 17.2 Å². The second-order valence-corrected chi connectivity index (χ2v) is 8.01. The highest BCUT2D eigenvalue weighted by Crippen LogP contribution is 2.21. The summed E-state index contributed by atoms with van der Waals surface area (Å²) in [5.41, 5.74) is 2.40. The van der Waals surface area contributed by atoms with Crippen LogP contribution in [0.15, 0.2) is 41.3 Å². The Hall–Kier alpha value is -2.42. The van der Waals surface area contributed by atoms with Crippen molar-refractivity contribution in [1.29, 1.82) is 0 Å². The van der Waals surface area contributed by atoms with Crippen LogP contribution in [0, 0.1) is 13.8 Å². The van der Waals surface area contributed by atoms with Crippen molar-refractivity contribution >= 4 is 39.2 Å². The minimum atomic E-state index is -3.75. The van der Waals surface area contributed by atoms with Gasteiger partial charge in [0.25, 0.3) is 5.91 Å². The van der Waals surface area contributed by atoms with E-state index in [0.29, 0.717) is 5.69 Å². The normalized spacial score (nSPS) is 11.1. The molecule has 2 aromatic carbocycles. The Balaban J connectivity index is 2.08. The number of hydrogen-bond acceptors (Lipinski definition) is 5. The smallest absolute Gasteiger partial charge is 0.340 e. The maximum absolute atomic E-state index is 12.2. The van der Waals surface area contributed by atoms with Crippen molar-refractivity contribution in [2.75, 3.05) is 19.0 Å². The Kier molecular flexibility index (Phi) is 6.59. The van der Waals surface area contributed by atoms with Crippen molar-refractivity contribution in [1.82, 2.24) is 4.72 Å². The molecule has 1 amide bonds. The molecule has 0 heterocycles. The molecule has 7 nitrogen and oxygen atoms in total. The fraction of sp³-hybridized carbons (Fsp3) is 0.222.